The van der Waals surface area contributed by atoms with Gasteiger partial charge >= 0.3 is 0 Å². The van der Waals surface area contributed by atoms with Crippen LogP contribution in [0.4, 0.5) is 5.69 Å². The van der Waals surface area contributed by atoms with Gasteiger partial charge in [0.25, 0.3) is 0 Å². The third-order valence-corrected chi connectivity index (χ3v) is 2.39. The third-order valence-electron chi connectivity index (χ3n) is 2.39. The van der Waals surface area contributed by atoms with Gasteiger partial charge in [0.05, 0.1) is 5.69 Å². The molecule has 92 valence electrons. The average molecular weight is 248 g/mol. The van der Waals surface area contributed by atoms with Crippen molar-refractivity contribution in [3.05, 3.63) is 66.0 Å². The van der Waals surface area contributed by atoms with Crippen LogP contribution in [-0.4, -0.2) is 10.9 Å². The summed E-state index contributed by atoms with van der Waals surface area (Å²) in [6.07, 6.45) is 10.1. The lowest BCUT2D eigenvalue weighted by Crippen LogP contribution is -2.07. The quantitative estimate of drug-likeness (QED) is 0.670. The minimum atomic E-state index is -0.222. The molecule has 0 radical (unpaired) electrons. The van der Waals surface area contributed by atoms with E-state index in [9.17, 15) is 4.79 Å². The van der Waals surface area contributed by atoms with Crippen molar-refractivity contribution in [2.75, 3.05) is 5.32 Å². The van der Waals surface area contributed by atoms with E-state index in [4.69, 9.17) is 6.42 Å². The number of benzene rings is 1. The first kappa shape index (κ1) is 12.6. The summed E-state index contributed by atoms with van der Waals surface area (Å²) in [5, 5.41) is 2.74. The Morgan fingerprint density at radius 2 is 2.16 bits per heavy atom. The van der Waals surface area contributed by atoms with Crippen LogP contribution >= 0.6 is 0 Å². The monoisotopic (exact) mass is 248 g/mol. The summed E-state index contributed by atoms with van der Waals surface area (Å²) in [5.74, 6) is 2.30. The Balaban J connectivity index is 2.02. The highest BCUT2D eigenvalue weighted by atomic mass is 16.1. The predicted octanol–water partition coefficient (Wildman–Crippen LogP) is 2.71. The molecule has 0 bridgehead atoms. The molecule has 0 saturated carbocycles. The molecule has 0 spiro atoms. The number of carbonyl (C=O) groups is 1. The van der Waals surface area contributed by atoms with E-state index in [0.29, 0.717) is 5.69 Å². The lowest BCUT2D eigenvalue weighted by molar-refractivity contribution is -0.111. The molecule has 0 aliphatic rings. The van der Waals surface area contributed by atoms with Crippen molar-refractivity contribution in [1.82, 2.24) is 4.98 Å². The van der Waals surface area contributed by atoms with Crippen molar-refractivity contribution in [2.24, 2.45) is 0 Å². The summed E-state index contributed by atoms with van der Waals surface area (Å²) in [4.78, 5) is 15.8. The van der Waals surface area contributed by atoms with Gasteiger partial charge in [-0.3, -0.25) is 9.78 Å². The molecule has 19 heavy (non-hydrogen) atoms. The van der Waals surface area contributed by atoms with Crippen molar-refractivity contribution in [3.63, 3.8) is 0 Å². The standard InChI is InChI=1S/C16H12N2O/c1-2-13-6-5-8-15(12-13)18-16(19)10-9-14-7-3-4-11-17-14/h1,3-12H,(H,18,19). The second-order valence-electron chi connectivity index (χ2n) is 3.80. The van der Waals surface area contributed by atoms with Crippen LogP contribution in [0.2, 0.25) is 0 Å². The Bertz CT molecular complexity index is 639. The minimum absolute atomic E-state index is 0.222. The van der Waals surface area contributed by atoms with Gasteiger partial charge in [-0.25, -0.2) is 0 Å². The van der Waals surface area contributed by atoms with Crippen molar-refractivity contribution in [2.45, 2.75) is 0 Å². The highest BCUT2D eigenvalue weighted by molar-refractivity contribution is 6.01. The number of hydrogen-bond acceptors (Lipinski definition) is 2. The molecule has 0 unspecified atom stereocenters. The molecule has 3 nitrogen and oxygen atoms in total. The minimum Gasteiger partial charge on any atom is -0.322 e. The molecule has 0 aliphatic carbocycles. The topological polar surface area (TPSA) is 42.0 Å². The first-order valence-corrected chi connectivity index (χ1v) is 5.75. The van der Waals surface area contributed by atoms with E-state index in [1.54, 1.807) is 36.5 Å². The zero-order valence-corrected chi connectivity index (χ0v) is 10.2. The Kier molecular flexibility index (Phi) is 4.09. The van der Waals surface area contributed by atoms with Crippen LogP contribution in [0.3, 0.4) is 0 Å². The number of hydrogen-bond donors (Lipinski definition) is 1. The van der Waals surface area contributed by atoms with Crippen LogP contribution in [0, 0.1) is 12.3 Å². The molecule has 0 fully saturated rings. The Labute approximate surface area is 112 Å². The number of anilines is 1. The third kappa shape index (κ3) is 3.83. The number of aromatic nitrogens is 1. The van der Waals surface area contributed by atoms with Gasteiger partial charge in [-0.2, -0.15) is 0 Å². The molecule has 2 aromatic rings. The van der Waals surface area contributed by atoms with E-state index in [0.717, 1.165) is 11.3 Å². The van der Waals surface area contributed by atoms with Crippen LogP contribution in [0.25, 0.3) is 6.08 Å². The van der Waals surface area contributed by atoms with Crippen molar-refractivity contribution in [3.8, 4) is 12.3 Å². The van der Waals surface area contributed by atoms with Gasteiger partial charge in [0.1, 0.15) is 0 Å². The van der Waals surface area contributed by atoms with Crippen LogP contribution in [0.1, 0.15) is 11.3 Å². The van der Waals surface area contributed by atoms with Gasteiger partial charge < -0.3 is 5.32 Å². The van der Waals surface area contributed by atoms with Gasteiger partial charge in [-0.15, -0.1) is 6.42 Å². The summed E-state index contributed by atoms with van der Waals surface area (Å²) < 4.78 is 0. The summed E-state index contributed by atoms with van der Waals surface area (Å²) >= 11 is 0. The SMILES string of the molecule is C#Cc1cccc(NC(=O)C=Cc2ccccn2)c1. The molecule has 1 N–H and O–H groups in total. The normalized spacial score (nSPS) is 10.1. The number of carbonyl (C=O) groups excluding carboxylic acids is 1. The largest absolute Gasteiger partial charge is 0.322 e. The highest BCUT2D eigenvalue weighted by Crippen LogP contribution is 2.09. The van der Waals surface area contributed by atoms with E-state index < -0.39 is 0 Å². The van der Waals surface area contributed by atoms with Gasteiger partial charge in [0.15, 0.2) is 0 Å². The zero-order chi connectivity index (χ0) is 13.5. The summed E-state index contributed by atoms with van der Waals surface area (Å²) in [5.41, 5.74) is 2.13. The van der Waals surface area contributed by atoms with Crippen molar-refractivity contribution < 1.29 is 4.79 Å². The van der Waals surface area contributed by atoms with Gasteiger partial charge in [0, 0.05) is 23.5 Å². The first-order valence-electron chi connectivity index (χ1n) is 5.75. The fourth-order valence-electron chi connectivity index (χ4n) is 1.51. The van der Waals surface area contributed by atoms with Crippen LogP contribution in [-0.2, 0) is 4.79 Å². The van der Waals surface area contributed by atoms with Crippen LogP contribution in [0.5, 0.6) is 0 Å². The predicted molar refractivity (Wildman–Crippen MR) is 76.3 cm³/mol. The van der Waals surface area contributed by atoms with E-state index in [1.807, 2.05) is 18.2 Å². The smallest absolute Gasteiger partial charge is 0.248 e. The summed E-state index contributed by atoms with van der Waals surface area (Å²) in [6.45, 7) is 0. The van der Waals surface area contributed by atoms with Crippen molar-refractivity contribution in [1.29, 1.82) is 0 Å². The molecule has 0 atom stereocenters. The molecular formula is C16H12N2O. The molecule has 1 heterocycles. The number of amides is 1. The van der Waals surface area contributed by atoms with E-state index in [-0.39, 0.29) is 5.91 Å². The maximum absolute atomic E-state index is 11.7. The van der Waals surface area contributed by atoms with Gasteiger partial charge in [-0.05, 0) is 36.4 Å². The molecular weight excluding hydrogens is 236 g/mol. The zero-order valence-electron chi connectivity index (χ0n) is 10.2. The highest BCUT2D eigenvalue weighted by Gasteiger charge is 1.98. The van der Waals surface area contributed by atoms with Crippen molar-refractivity contribution >= 4 is 17.7 Å². The Morgan fingerprint density at radius 3 is 2.89 bits per heavy atom. The molecule has 2 rings (SSSR count). The number of pyridine rings is 1. The summed E-state index contributed by atoms with van der Waals surface area (Å²) in [6, 6.07) is 12.6. The molecule has 0 aliphatic heterocycles. The molecule has 1 aromatic carbocycles. The molecule has 1 amide bonds. The van der Waals surface area contributed by atoms with Gasteiger partial charge in [0.2, 0.25) is 5.91 Å². The lowest BCUT2D eigenvalue weighted by atomic mass is 10.2. The van der Waals surface area contributed by atoms with Crippen LogP contribution in [0.15, 0.2) is 54.7 Å². The lowest BCUT2D eigenvalue weighted by Gasteiger charge is -2.02. The molecule has 3 heteroatoms. The Morgan fingerprint density at radius 1 is 1.26 bits per heavy atom. The number of terminal acetylenes is 1. The van der Waals surface area contributed by atoms with Crippen LogP contribution < -0.4 is 5.32 Å². The second kappa shape index (κ2) is 6.18. The van der Waals surface area contributed by atoms with Gasteiger partial charge in [-0.1, -0.05) is 18.1 Å². The van der Waals surface area contributed by atoms with E-state index in [1.165, 1.54) is 6.08 Å². The fourth-order valence-corrected chi connectivity index (χ4v) is 1.51. The average Bonchev–Trinajstić information content (AvgIpc) is 2.46. The second-order valence-corrected chi connectivity index (χ2v) is 3.80. The number of rotatable bonds is 3. The summed E-state index contributed by atoms with van der Waals surface area (Å²) in [7, 11) is 0. The maximum Gasteiger partial charge on any atom is 0.248 e. The number of nitrogens with one attached hydrogen (secondary N) is 1. The van der Waals surface area contributed by atoms with E-state index in [2.05, 4.69) is 16.2 Å². The Hall–Kier alpha value is -2.86. The maximum atomic E-state index is 11.7. The fraction of sp³-hybridized carbons (Fsp3) is 0. The van der Waals surface area contributed by atoms with E-state index >= 15 is 0 Å². The molecule has 0 saturated heterocycles. The first-order chi connectivity index (χ1) is 9.28. The molecule has 1 aromatic heterocycles. The number of nitrogens with zero attached hydrogens (tertiary/aromatic N) is 1.